The quantitative estimate of drug-likeness (QED) is 0.829. The van der Waals surface area contributed by atoms with Crippen LogP contribution in [-0.4, -0.2) is 18.3 Å². The Balaban J connectivity index is 2.88. The first kappa shape index (κ1) is 14.1. The molecule has 0 saturated heterocycles. The van der Waals surface area contributed by atoms with Gasteiger partial charge in [0.2, 0.25) is 0 Å². The maximum Gasteiger partial charge on any atom is 0.126 e. The minimum Gasteiger partial charge on any atom is -0.396 e. The second-order valence-corrected chi connectivity index (χ2v) is 4.88. The summed E-state index contributed by atoms with van der Waals surface area (Å²) in [6, 6.07) is 3.48. The molecule has 2 unspecified atom stereocenters. The number of aliphatic hydroxyl groups is 1. The van der Waals surface area contributed by atoms with Gasteiger partial charge in [-0.3, -0.25) is 0 Å². The van der Waals surface area contributed by atoms with Crippen molar-refractivity contribution >= 4 is 0 Å². The Kier molecular flexibility index (Phi) is 5.09. The molecule has 1 aromatic carbocycles. The monoisotopic (exact) mass is 239 g/mol. The van der Waals surface area contributed by atoms with Gasteiger partial charge in [0.05, 0.1) is 0 Å². The summed E-state index contributed by atoms with van der Waals surface area (Å²) < 4.78 is 13.8. The van der Waals surface area contributed by atoms with Crippen LogP contribution in [0.3, 0.4) is 0 Å². The molecule has 0 radical (unpaired) electrons. The normalized spacial score (nSPS) is 14.7. The summed E-state index contributed by atoms with van der Waals surface area (Å²) in [7, 11) is 0. The lowest BCUT2D eigenvalue weighted by molar-refractivity contribution is 0.216. The zero-order valence-electron chi connectivity index (χ0n) is 10.8. The Labute approximate surface area is 103 Å². The molecule has 0 aliphatic carbocycles. The fourth-order valence-electron chi connectivity index (χ4n) is 2.05. The molecule has 2 atom stereocenters. The number of hydrogen-bond donors (Lipinski definition) is 2. The van der Waals surface area contributed by atoms with E-state index in [0.717, 1.165) is 16.7 Å². The molecule has 0 aliphatic heterocycles. The summed E-state index contributed by atoms with van der Waals surface area (Å²) in [6.07, 6.45) is 0.715. The van der Waals surface area contributed by atoms with Crippen molar-refractivity contribution in [1.29, 1.82) is 0 Å². The van der Waals surface area contributed by atoms with Crippen LogP contribution < -0.4 is 5.73 Å². The molecule has 0 bridgehead atoms. The van der Waals surface area contributed by atoms with E-state index in [9.17, 15) is 4.39 Å². The highest BCUT2D eigenvalue weighted by Gasteiger charge is 2.16. The van der Waals surface area contributed by atoms with Gasteiger partial charge in [-0.2, -0.15) is 0 Å². The lowest BCUT2D eigenvalue weighted by Crippen LogP contribution is -2.20. The van der Waals surface area contributed by atoms with Gasteiger partial charge in [-0.15, -0.1) is 0 Å². The number of nitrogens with two attached hydrogens (primary N) is 1. The van der Waals surface area contributed by atoms with E-state index in [2.05, 4.69) is 0 Å². The fourth-order valence-corrected chi connectivity index (χ4v) is 2.05. The largest absolute Gasteiger partial charge is 0.396 e. The van der Waals surface area contributed by atoms with Crippen molar-refractivity contribution in [3.63, 3.8) is 0 Å². The van der Waals surface area contributed by atoms with E-state index >= 15 is 0 Å². The van der Waals surface area contributed by atoms with Gasteiger partial charge >= 0.3 is 0 Å². The molecule has 1 aromatic rings. The maximum atomic E-state index is 13.8. The SMILES string of the molecule is Cc1cc(F)c(C(C)CC(CN)CO)cc1C. The number of aliphatic hydroxyl groups excluding tert-OH is 1. The van der Waals surface area contributed by atoms with Crippen LogP contribution in [-0.2, 0) is 0 Å². The first-order valence-electron chi connectivity index (χ1n) is 6.07. The predicted octanol–water partition coefficient (Wildman–Crippen LogP) is 2.50. The number of aryl methyl sites for hydroxylation is 2. The smallest absolute Gasteiger partial charge is 0.126 e. The molecule has 0 spiro atoms. The molecule has 0 fully saturated rings. The van der Waals surface area contributed by atoms with E-state index in [1.54, 1.807) is 6.07 Å². The van der Waals surface area contributed by atoms with Crippen molar-refractivity contribution in [1.82, 2.24) is 0 Å². The lowest BCUT2D eigenvalue weighted by atomic mass is 9.88. The molecule has 0 amide bonds. The standard InChI is InChI=1S/C14H22FNO/c1-9-5-13(14(15)6-10(9)2)11(3)4-12(7-16)8-17/h5-6,11-12,17H,4,7-8,16H2,1-3H3. The second kappa shape index (κ2) is 6.12. The fraction of sp³-hybridized carbons (Fsp3) is 0.571. The van der Waals surface area contributed by atoms with Crippen LogP contribution in [0.4, 0.5) is 4.39 Å². The third-order valence-electron chi connectivity index (χ3n) is 3.42. The van der Waals surface area contributed by atoms with Crippen LogP contribution in [0.2, 0.25) is 0 Å². The summed E-state index contributed by atoms with van der Waals surface area (Å²) in [5.74, 6) is -0.0321. The van der Waals surface area contributed by atoms with Crippen molar-refractivity contribution in [2.45, 2.75) is 33.1 Å². The van der Waals surface area contributed by atoms with E-state index in [4.69, 9.17) is 10.8 Å². The molecule has 3 N–H and O–H groups in total. The van der Waals surface area contributed by atoms with Crippen LogP contribution in [0.25, 0.3) is 0 Å². The minimum absolute atomic E-state index is 0.0472. The lowest BCUT2D eigenvalue weighted by Gasteiger charge is -2.19. The topological polar surface area (TPSA) is 46.2 Å². The van der Waals surface area contributed by atoms with Crippen LogP contribution in [0.5, 0.6) is 0 Å². The first-order chi connectivity index (χ1) is 7.99. The Morgan fingerprint density at radius 1 is 1.29 bits per heavy atom. The van der Waals surface area contributed by atoms with Gasteiger partial charge in [0.1, 0.15) is 5.82 Å². The number of benzene rings is 1. The summed E-state index contributed by atoms with van der Waals surface area (Å²) in [5.41, 5.74) is 8.34. The van der Waals surface area contributed by atoms with Crippen molar-refractivity contribution in [3.8, 4) is 0 Å². The third-order valence-corrected chi connectivity index (χ3v) is 3.42. The molecule has 17 heavy (non-hydrogen) atoms. The molecule has 3 heteroatoms. The Morgan fingerprint density at radius 3 is 2.41 bits per heavy atom. The average molecular weight is 239 g/mol. The molecule has 0 saturated carbocycles. The number of hydrogen-bond acceptors (Lipinski definition) is 2. The van der Waals surface area contributed by atoms with E-state index in [-0.39, 0.29) is 24.3 Å². The molecule has 0 heterocycles. The van der Waals surface area contributed by atoms with Crippen molar-refractivity contribution in [2.75, 3.05) is 13.2 Å². The van der Waals surface area contributed by atoms with Gasteiger partial charge in [-0.05, 0) is 61.4 Å². The molecule has 96 valence electrons. The van der Waals surface area contributed by atoms with Gasteiger partial charge in [-0.25, -0.2) is 4.39 Å². The van der Waals surface area contributed by atoms with Gasteiger partial charge in [0, 0.05) is 6.61 Å². The van der Waals surface area contributed by atoms with Crippen LogP contribution in [0.15, 0.2) is 12.1 Å². The average Bonchev–Trinajstić information content (AvgIpc) is 2.30. The van der Waals surface area contributed by atoms with Crippen LogP contribution in [0, 0.1) is 25.6 Å². The molecule has 0 aromatic heterocycles. The van der Waals surface area contributed by atoms with E-state index < -0.39 is 0 Å². The number of halogens is 1. The zero-order chi connectivity index (χ0) is 13.0. The Morgan fingerprint density at radius 2 is 1.88 bits per heavy atom. The van der Waals surface area contributed by atoms with Gasteiger partial charge in [0.15, 0.2) is 0 Å². The van der Waals surface area contributed by atoms with Crippen LogP contribution in [0.1, 0.15) is 36.0 Å². The second-order valence-electron chi connectivity index (χ2n) is 4.88. The predicted molar refractivity (Wildman–Crippen MR) is 68.5 cm³/mol. The molecular weight excluding hydrogens is 217 g/mol. The summed E-state index contributed by atoms with van der Waals surface area (Å²) in [4.78, 5) is 0. The van der Waals surface area contributed by atoms with Crippen molar-refractivity contribution in [3.05, 3.63) is 34.6 Å². The summed E-state index contributed by atoms with van der Waals surface area (Å²) >= 11 is 0. The summed E-state index contributed by atoms with van der Waals surface area (Å²) in [5, 5.41) is 9.12. The van der Waals surface area contributed by atoms with Gasteiger partial charge in [-0.1, -0.05) is 13.0 Å². The van der Waals surface area contributed by atoms with E-state index in [1.807, 2.05) is 26.8 Å². The molecule has 1 rings (SSSR count). The molecular formula is C14H22FNO. The minimum atomic E-state index is -0.158. The molecule has 0 aliphatic rings. The van der Waals surface area contributed by atoms with E-state index in [1.165, 1.54) is 0 Å². The van der Waals surface area contributed by atoms with Gasteiger partial charge < -0.3 is 10.8 Å². The Hall–Kier alpha value is -0.930. The third kappa shape index (κ3) is 3.51. The number of rotatable bonds is 5. The highest BCUT2D eigenvalue weighted by molar-refractivity contribution is 5.33. The Bertz CT molecular complexity index is 375. The van der Waals surface area contributed by atoms with Gasteiger partial charge in [0.25, 0.3) is 0 Å². The van der Waals surface area contributed by atoms with Crippen molar-refractivity contribution < 1.29 is 9.50 Å². The highest BCUT2D eigenvalue weighted by Crippen LogP contribution is 2.27. The zero-order valence-corrected chi connectivity index (χ0v) is 10.8. The highest BCUT2D eigenvalue weighted by atomic mass is 19.1. The first-order valence-corrected chi connectivity index (χ1v) is 6.07. The van der Waals surface area contributed by atoms with Crippen molar-refractivity contribution in [2.24, 2.45) is 11.7 Å². The maximum absolute atomic E-state index is 13.8. The van der Waals surface area contributed by atoms with E-state index in [0.29, 0.717) is 13.0 Å². The summed E-state index contributed by atoms with van der Waals surface area (Å²) in [6.45, 7) is 6.37. The van der Waals surface area contributed by atoms with Crippen LogP contribution >= 0.6 is 0 Å². The molecule has 2 nitrogen and oxygen atoms in total.